The average molecular weight is 363 g/mol. The molecule has 1 aliphatic heterocycles. The van der Waals surface area contributed by atoms with Crippen molar-refractivity contribution < 1.29 is 9.59 Å². The Labute approximate surface area is 159 Å². The largest absolute Gasteiger partial charge is 0.349 e. The number of nitrogens with one attached hydrogen (secondary N) is 2. The molecule has 2 N–H and O–H groups in total. The molecule has 1 aliphatic carbocycles. The van der Waals surface area contributed by atoms with Crippen molar-refractivity contribution in [3.63, 3.8) is 0 Å². The molecule has 0 atom stereocenters. The third-order valence-corrected chi connectivity index (χ3v) is 5.09. The first-order valence-corrected chi connectivity index (χ1v) is 9.71. The van der Waals surface area contributed by atoms with Crippen LogP contribution in [0.2, 0.25) is 0 Å². The van der Waals surface area contributed by atoms with Crippen LogP contribution in [0.3, 0.4) is 0 Å². The smallest absolute Gasteiger partial charge is 0.255 e. The summed E-state index contributed by atoms with van der Waals surface area (Å²) in [5.74, 6) is -0.237. The summed E-state index contributed by atoms with van der Waals surface area (Å²) >= 11 is 0. The van der Waals surface area contributed by atoms with Gasteiger partial charge in [-0.05, 0) is 74.7 Å². The van der Waals surface area contributed by atoms with E-state index in [0.717, 1.165) is 38.0 Å². The number of rotatable bonds is 6. The van der Waals surface area contributed by atoms with Gasteiger partial charge < -0.3 is 10.6 Å². The second-order valence-electron chi connectivity index (χ2n) is 7.47. The maximum Gasteiger partial charge on any atom is 0.255 e. The van der Waals surface area contributed by atoms with Gasteiger partial charge in [-0.3, -0.25) is 14.5 Å². The van der Waals surface area contributed by atoms with E-state index in [1.165, 1.54) is 12.8 Å². The molecule has 2 aliphatic rings. The van der Waals surface area contributed by atoms with E-state index in [0.29, 0.717) is 22.9 Å². The van der Waals surface area contributed by atoms with E-state index in [1.807, 2.05) is 18.2 Å². The number of hydrogen-bond acceptors (Lipinski definition) is 3. The Morgan fingerprint density at radius 3 is 2.37 bits per heavy atom. The van der Waals surface area contributed by atoms with Crippen molar-refractivity contribution in [1.29, 1.82) is 0 Å². The highest BCUT2D eigenvalue weighted by Crippen LogP contribution is 2.20. The van der Waals surface area contributed by atoms with Gasteiger partial charge in [-0.15, -0.1) is 0 Å². The molecule has 2 aromatic carbocycles. The van der Waals surface area contributed by atoms with Gasteiger partial charge in [0.2, 0.25) is 0 Å². The van der Waals surface area contributed by atoms with E-state index in [2.05, 4.69) is 21.6 Å². The van der Waals surface area contributed by atoms with Crippen molar-refractivity contribution in [2.24, 2.45) is 0 Å². The maximum atomic E-state index is 12.6. The van der Waals surface area contributed by atoms with Gasteiger partial charge in [0.05, 0.1) is 0 Å². The number of hydrogen-bond donors (Lipinski definition) is 2. The summed E-state index contributed by atoms with van der Waals surface area (Å²) in [6.45, 7) is 3.15. The van der Waals surface area contributed by atoms with Gasteiger partial charge in [-0.2, -0.15) is 0 Å². The van der Waals surface area contributed by atoms with E-state index >= 15 is 0 Å². The highest BCUT2D eigenvalue weighted by Gasteiger charge is 2.23. The predicted octanol–water partition coefficient (Wildman–Crippen LogP) is 3.43. The minimum atomic E-state index is -0.155. The van der Waals surface area contributed by atoms with Crippen molar-refractivity contribution in [1.82, 2.24) is 10.2 Å². The van der Waals surface area contributed by atoms with Crippen molar-refractivity contribution in [2.75, 3.05) is 18.4 Å². The number of anilines is 1. The van der Waals surface area contributed by atoms with Crippen molar-refractivity contribution in [3.8, 4) is 0 Å². The van der Waals surface area contributed by atoms with Crippen LogP contribution in [0.15, 0.2) is 48.5 Å². The molecular formula is C22H25N3O2. The molecule has 0 aromatic heterocycles. The number of amides is 2. The summed E-state index contributed by atoms with van der Waals surface area (Å²) in [4.78, 5) is 27.2. The summed E-state index contributed by atoms with van der Waals surface area (Å²) in [5, 5.41) is 5.88. The zero-order valence-corrected chi connectivity index (χ0v) is 15.4. The highest BCUT2D eigenvalue weighted by atomic mass is 16.2. The van der Waals surface area contributed by atoms with Crippen LogP contribution in [0.25, 0.3) is 0 Å². The lowest BCUT2D eigenvalue weighted by molar-refractivity contribution is 0.0949. The molecule has 1 saturated carbocycles. The van der Waals surface area contributed by atoms with Gasteiger partial charge in [0.25, 0.3) is 11.8 Å². The molecule has 5 nitrogen and oxygen atoms in total. The van der Waals surface area contributed by atoms with Crippen LogP contribution in [0.5, 0.6) is 0 Å². The van der Waals surface area contributed by atoms with Crippen molar-refractivity contribution >= 4 is 17.5 Å². The molecule has 0 unspecified atom stereocenters. The molecule has 0 spiro atoms. The standard InChI is InChI=1S/C22H25N3O2/c26-21(17-6-3-5-16(13-17)15-25-11-1-2-12-25)24-20-8-4-7-18(14-20)22(27)23-19-9-10-19/h3-8,13-14,19H,1-2,9-12,15H2,(H,23,27)(H,24,26). The fraction of sp³-hybridized carbons (Fsp3) is 0.364. The zero-order valence-electron chi connectivity index (χ0n) is 15.4. The SMILES string of the molecule is O=C(Nc1cccc(C(=O)NC2CC2)c1)c1cccc(CN2CCCC2)c1. The summed E-state index contributed by atoms with van der Waals surface area (Å²) in [6, 6.07) is 15.2. The highest BCUT2D eigenvalue weighted by molar-refractivity contribution is 6.05. The lowest BCUT2D eigenvalue weighted by Crippen LogP contribution is -2.25. The lowest BCUT2D eigenvalue weighted by atomic mass is 10.1. The molecular weight excluding hydrogens is 338 g/mol. The number of nitrogens with zero attached hydrogens (tertiary/aromatic N) is 1. The number of benzene rings is 2. The Morgan fingerprint density at radius 2 is 1.63 bits per heavy atom. The second-order valence-corrected chi connectivity index (χ2v) is 7.47. The maximum absolute atomic E-state index is 12.6. The Hall–Kier alpha value is -2.66. The van der Waals surface area contributed by atoms with Gasteiger partial charge >= 0.3 is 0 Å². The third-order valence-electron chi connectivity index (χ3n) is 5.09. The Bertz CT molecular complexity index is 839. The Kier molecular flexibility index (Phi) is 5.21. The molecule has 1 saturated heterocycles. The van der Waals surface area contributed by atoms with Gasteiger partial charge in [0, 0.05) is 29.4 Å². The molecule has 140 valence electrons. The minimum absolute atomic E-state index is 0.0822. The molecule has 2 amide bonds. The Balaban J connectivity index is 1.41. The summed E-state index contributed by atoms with van der Waals surface area (Å²) in [7, 11) is 0. The topological polar surface area (TPSA) is 61.4 Å². The fourth-order valence-corrected chi connectivity index (χ4v) is 3.45. The van der Waals surface area contributed by atoms with Gasteiger partial charge in [0.1, 0.15) is 0 Å². The number of carbonyl (C=O) groups excluding carboxylic acids is 2. The van der Waals surface area contributed by atoms with E-state index < -0.39 is 0 Å². The quantitative estimate of drug-likeness (QED) is 0.827. The summed E-state index contributed by atoms with van der Waals surface area (Å²) < 4.78 is 0. The van der Waals surface area contributed by atoms with Crippen molar-refractivity contribution in [3.05, 3.63) is 65.2 Å². The molecule has 2 aromatic rings. The monoisotopic (exact) mass is 363 g/mol. The molecule has 4 rings (SSSR count). The first-order valence-electron chi connectivity index (χ1n) is 9.71. The van der Waals surface area contributed by atoms with Crippen LogP contribution < -0.4 is 10.6 Å². The van der Waals surface area contributed by atoms with E-state index in [-0.39, 0.29) is 11.8 Å². The predicted molar refractivity (Wildman–Crippen MR) is 106 cm³/mol. The van der Waals surface area contributed by atoms with Crippen LogP contribution in [-0.2, 0) is 6.54 Å². The van der Waals surface area contributed by atoms with E-state index in [1.54, 1.807) is 24.3 Å². The van der Waals surface area contributed by atoms with Crippen LogP contribution in [-0.4, -0.2) is 35.8 Å². The van der Waals surface area contributed by atoms with Crippen LogP contribution in [0, 0.1) is 0 Å². The first kappa shape index (κ1) is 17.7. The summed E-state index contributed by atoms with van der Waals surface area (Å²) in [6.07, 6.45) is 4.61. The van der Waals surface area contributed by atoms with Gasteiger partial charge in [0.15, 0.2) is 0 Å². The van der Waals surface area contributed by atoms with E-state index in [4.69, 9.17) is 0 Å². The third kappa shape index (κ3) is 4.74. The molecule has 5 heteroatoms. The second kappa shape index (κ2) is 7.92. The zero-order chi connectivity index (χ0) is 18.6. The number of carbonyl (C=O) groups is 2. The molecule has 0 bridgehead atoms. The summed E-state index contributed by atoms with van der Waals surface area (Å²) in [5.41, 5.74) is 3.00. The molecule has 2 fully saturated rings. The van der Waals surface area contributed by atoms with Crippen LogP contribution >= 0.6 is 0 Å². The van der Waals surface area contributed by atoms with Gasteiger partial charge in [-0.1, -0.05) is 18.2 Å². The average Bonchev–Trinajstić information content (AvgIpc) is 3.35. The molecule has 1 heterocycles. The number of likely N-dealkylation sites (tertiary alicyclic amines) is 1. The lowest BCUT2D eigenvalue weighted by Gasteiger charge is -2.15. The molecule has 0 radical (unpaired) electrons. The van der Waals surface area contributed by atoms with E-state index in [9.17, 15) is 9.59 Å². The first-order chi connectivity index (χ1) is 13.2. The fourth-order valence-electron chi connectivity index (χ4n) is 3.45. The normalized spacial score (nSPS) is 16.9. The van der Waals surface area contributed by atoms with Crippen LogP contribution in [0.4, 0.5) is 5.69 Å². The van der Waals surface area contributed by atoms with Crippen LogP contribution in [0.1, 0.15) is 52.0 Å². The molecule has 27 heavy (non-hydrogen) atoms. The Morgan fingerprint density at radius 1 is 0.926 bits per heavy atom. The van der Waals surface area contributed by atoms with Gasteiger partial charge in [-0.25, -0.2) is 0 Å². The minimum Gasteiger partial charge on any atom is -0.349 e. The van der Waals surface area contributed by atoms with Crippen molar-refractivity contribution in [2.45, 2.75) is 38.3 Å².